The van der Waals surface area contributed by atoms with E-state index < -0.39 is 6.04 Å². The highest BCUT2D eigenvalue weighted by atomic mass is 16.2. The third-order valence-corrected chi connectivity index (χ3v) is 4.48. The van der Waals surface area contributed by atoms with Crippen molar-refractivity contribution in [2.45, 2.75) is 38.3 Å². The molecule has 3 N–H and O–H groups in total. The van der Waals surface area contributed by atoms with Crippen molar-refractivity contribution < 1.29 is 9.59 Å². The number of piperidine rings is 1. The first kappa shape index (κ1) is 19.4. The third kappa shape index (κ3) is 5.82. The Labute approximate surface area is 149 Å². The molecule has 8 nitrogen and oxygen atoms in total. The van der Waals surface area contributed by atoms with E-state index in [2.05, 4.69) is 25.9 Å². The van der Waals surface area contributed by atoms with E-state index in [0.717, 1.165) is 44.5 Å². The molecule has 0 bridgehead atoms. The van der Waals surface area contributed by atoms with Crippen molar-refractivity contribution in [1.82, 2.24) is 30.6 Å². The topological polar surface area (TPSA) is 91.3 Å². The molecular weight excluding hydrogens is 320 g/mol. The highest BCUT2D eigenvalue weighted by molar-refractivity contribution is 5.83. The van der Waals surface area contributed by atoms with Gasteiger partial charge in [-0.3, -0.25) is 19.2 Å². The summed E-state index contributed by atoms with van der Waals surface area (Å²) in [7, 11) is 3.61. The van der Waals surface area contributed by atoms with Gasteiger partial charge in [-0.25, -0.2) is 0 Å². The number of carbonyl (C=O) groups is 2. The Morgan fingerprint density at radius 3 is 2.64 bits per heavy atom. The highest BCUT2D eigenvalue weighted by Crippen LogP contribution is 2.14. The van der Waals surface area contributed by atoms with E-state index >= 15 is 0 Å². The molecule has 8 heteroatoms. The van der Waals surface area contributed by atoms with Crippen LogP contribution in [0.2, 0.25) is 0 Å². The maximum absolute atomic E-state index is 12.5. The van der Waals surface area contributed by atoms with Crippen molar-refractivity contribution in [3.8, 4) is 0 Å². The fourth-order valence-electron chi connectivity index (χ4n) is 3.08. The van der Waals surface area contributed by atoms with E-state index in [1.54, 1.807) is 17.9 Å². The van der Waals surface area contributed by atoms with Crippen molar-refractivity contribution in [2.75, 3.05) is 33.2 Å². The molecule has 1 fully saturated rings. The molecule has 0 saturated carbocycles. The molecule has 1 aromatic heterocycles. The lowest BCUT2D eigenvalue weighted by molar-refractivity contribution is -0.125. The van der Waals surface area contributed by atoms with E-state index in [4.69, 9.17) is 0 Å². The number of likely N-dealkylation sites (N-methyl/N-ethyl adjacent to an activating group) is 1. The Hall–Kier alpha value is -1.93. The van der Waals surface area contributed by atoms with Crippen LogP contribution in [0.25, 0.3) is 0 Å². The van der Waals surface area contributed by atoms with Gasteiger partial charge in [0, 0.05) is 44.5 Å². The molecule has 1 saturated heterocycles. The molecule has 0 radical (unpaired) electrons. The second kappa shape index (κ2) is 9.53. The summed E-state index contributed by atoms with van der Waals surface area (Å²) >= 11 is 0. The maximum atomic E-state index is 12.5. The SMILES string of the molecule is CCCNC(=O)CN1CCC(NC(=O)C(NC)c2cnn(C)c2)CC1. The standard InChI is InChI=1S/C17H30N6O2/c1-4-7-19-15(24)12-23-8-5-14(6-9-23)21-17(25)16(18-2)13-10-20-22(3)11-13/h10-11,14,16,18H,4-9,12H2,1-3H3,(H,19,24)(H,21,25). The van der Waals surface area contributed by atoms with Crippen molar-refractivity contribution >= 4 is 11.8 Å². The van der Waals surface area contributed by atoms with Gasteiger partial charge >= 0.3 is 0 Å². The predicted molar refractivity (Wildman–Crippen MR) is 95.9 cm³/mol. The molecule has 2 rings (SSSR count). The summed E-state index contributed by atoms with van der Waals surface area (Å²) in [4.78, 5) is 26.5. The van der Waals surface area contributed by atoms with E-state index in [1.807, 2.05) is 20.2 Å². The smallest absolute Gasteiger partial charge is 0.242 e. The first-order valence-corrected chi connectivity index (χ1v) is 8.98. The molecule has 0 aliphatic carbocycles. The largest absolute Gasteiger partial charge is 0.355 e. The van der Waals surface area contributed by atoms with Gasteiger partial charge in [-0.15, -0.1) is 0 Å². The van der Waals surface area contributed by atoms with Gasteiger partial charge in [0.1, 0.15) is 6.04 Å². The Bertz CT molecular complexity index is 565. The van der Waals surface area contributed by atoms with Crippen LogP contribution >= 0.6 is 0 Å². The zero-order chi connectivity index (χ0) is 18.2. The molecule has 0 spiro atoms. The average Bonchev–Trinajstić information content (AvgIpc) is 3.01. The van der Waals surface area contributed by atoms with Gasteiger partial charge in [0.2, 0.25) is 11.8 Å². The zero-order valence-electron chi connectivity index (χ0n) is 15.4. The van der Waals surface area contributed by atoms with Crippen LogP contribution in [0.5, 0.6) is 0 Å². The number of hydrogen-bond acceptors (Lipinski definition) is 5. The summed E-state index contributed by atoms with van der Waals surface area (Å²) in [6, 6.07) is -0.249. The molecule has 25 heavy (non-hydrogen) atoms. The van der Waals surface area contributed by atoms with E-state index in [-0.39, 0.29) is 17.9 Å². The Morgan fingerprint density at radius 2 is 2.08 bits per heavy atom. The van der Waals surface area contributed by atoms with Gasteiger partial charge in [-0.05, 0) is 26.3 Å². The number of nitrogens with zero attached hydrogens (tertiary/aromatic N) is 3. The minimum atomic E-state index is -0.397. The number of amides is 2. The number of carbonyl (C=O) groups excluding carboxylic acids is 2. The molecule has 1 atom stereocenters. The molecule has 1 aromatic rings. The number of aryl methyl sites for hydroxylation is 1. The Kier molecular flexibility index (Phi) is 7.39. The summed E-state index contributed by atoms with van der Waals surface area (Å²) in [5, 5.41) is 13.2. The van der Waals surface area contributed by atoms with Gasteiger partial charge in [0.05, 0.1) is 12.7 Å². The predicted octanol–water partition coefficient (Wildman–Crippen LogP) is -0.213. The Morgan fingerprint density at radius 1 is 1.36 bits per heavy atom. The van der Waals surface area contributed by atoms with Crippen LogP contribution in [0.3, 0.4) is 0 Å². The highest BCUT2D eigenvalue weighted by Gasteiger charge is 2.26. The number of nitrogens with one attached hydrogen (secondary N) is 3. The van der Waals surface area contributed by atoms with E-state index in [1.165, 1.54) is 0 Å². The van der Waals surface area contributed by atoms with Gasteiger partial charge in [0.15, 0.2) is 0 Å². The lowest BCUT2D eigenvalue weighted by Crippen LogP contribution is -2.49. The van der Waals surface area contributed by atoms with Crippen molar-refractivity contribution in [3.05, 3.63) is 18.0 Å². The number of likely N-dealkylation sites (tertiary alicyclic amines) is 1. The van der Waals surface area contributed by atoms with Crippen molar-refractivity contribution in [1.29, 1.82) is 0 Å². The zero-order valence-corrected chi connectivity index (χ0v) is 15.4. The molecule has 2 heterocycles. The fourth-order valence-corrected chi connectivity index (χ4v) is 3.08. The first-order valence-electron chi connectivity index (χ1n) is 8.98. The van der Waals surface area contributed by atoms with E-state index in [0.29, 0.717) is 6.54 Å². The van der Waals surface area contributed by atoms with E-state index in [9.17, 15) is 9.59 Å². The van der Waals surface area contributed by atoms with Crippen molar-refractivity contribution in [2.24, 2.45) is 7.05 Å². The summed E-state index contributed by atoms with van der Waals surface area (Å²) in [5.74, 6) is 0.0470. The van der Waals surface area contributed by atoms with Gasteiger partial charge < -0.3 is 16.0 Å². The maximum Gasteiger partial charge on any atom is 0.242 e. The minimum absolute atomic E-state index is 0.0327. The number of aromatic nitrogens is 2. The molecule has 1 aliphatic heterocycles. The summed E-state index contributed by atoms with van der Waals surface area (Å²) in [6.07, 6.45) is 6.21. The fraction of sp³-hybridized carbons (Fsp3) is 0.706. The van der Waals surface area contributed by atoms with Crippen molar-refractivity contribution in [3.63, 3.8) is 0 Å². The molecule has 1 aliphatic rings. The van der Waals surface area contributed by atoms with Crippen LogP contribution in [-0.4, -0.2) is 65.8 Å². The molecule has 2 amide bonds. The lowest BCUT2D eigenvalue weighted by Gasteiger charge is -2.32. The summed E-state index contributed by atoms with van der Waals surface area (Å²) < 4.78 is 1.69. The third-order valence-electron chi connectivity index (χ3n) is 4.48. The second-order valence-corrected chi connectivity index (χ2v) is 6.58. The summed E-state index contributed by atoms with van der Waals surface area (Å²) in [5.41, 5.74) is 0.854. The van der Waals surface area contributed by atoms with Gasteiger partial charge in [-0.2, -0.15) is 5.10 Å². The van der Waals surface area contributed by atoms with Crippen LogP contribution in [0.1, 0.15) is 37.8 Å². The minimum Gasteiger partial charge on any atom is -0.355 e. The lowest BCUT2D eigenvalue weighted by atomic mass is 10.0. The number of rotatable bonds is 8. The molecule has 140 valence electrons. The molecule has 1 unspecified atom stereocenters. The molecular formula is C17H30N6O2. The van der Waals surface area contributed by atoms with Crippen LogP contribution in [0, 0.1) is 0 Å². The second-order valence-electron chi connectivity index (χ2n) is 6.58. The summed E-state index contributed by atoms with van der Waals surface area (Å²) in [6.45, 7) is 4.85. The normalized spacial score (nSPS) is 17.2. The van der Waals surface area contributed by atoms with Gasteiger partial charge in [-0.1, -0.05) is 6.92 Å². The Balaban J connectivity index is 1.77. The van der Waals surface area contributed by atoms with Crippen LogP contribution < -0.4 is 16.0 Å². The average molecular weight is 350 g/mol. The van der Waals surface area contributed by atoms with Crippen LogP contribution in [0.15, 0.2) is 12.4 Å². The number of hydrogen-bond donors (Lipinski definition) is 3. The van der Waals surface area contributed by atoms with Gasteiger partial charge in [0.25, 0.3) is 0 Å². The van der Waals surface area contributed by atoms with Crippen LogP contribution in [0.4, 0.5) is 0 Å². The van der Waals surface area contributed by atoms with Crippen LogP contribution in [-0.2, 0) is 16.6 Å². The molecule has 0 aromatic carbocycles. The quantitative estimate of drug-likeness (QED) is 0.603. The monoisotopic (exact) mass is 350 g/mol. The first-order chi connectivity index (χ1) is 12.0.